The molecule has 1 aromatic heterocycles. The molecule has 0 spiro atoms. The van der Waals surface area contributed by atoms with Crippen molar-refractivity contribution in [1.82, 2.24) is 9.97 Å². The summed E-state index contributed by atoms with van der Waals surface area (Å²) in [4.78, 5) is 18.4. The van der Waals surface area contributed by atoms with E-state index in [1.54, 1.807) is 6.20 Å². The highest BCUT2D eigenvalue weighted by molar-refractivity contribution is 5.85. The Labute approximate surface area is 87.4 Å². The van der Waals surface area contributed by atoms with Crippen LogP contribution in [0.5, 0.6) is 6.01 Å². The molecule has 1 heterocycles. The van der Waals surface area contributed by atoms with Crippen molar-refractivity contribution in [3.8, 4) is 6.01 Å². The van der Waals surface area contributed by atoms with Crippen LogP contribution >= 0.6 is 0 Å². The minimum atomic E-state index is -0.993. The van der Waals surface area contributed by atoms with Gasteiger partial charge in [-0.05, 0) is 12.5 Å². The van der Waals surface area contributed by atoms with E-state index in [4.69, 9.17) is 9.84 Å². The zero-order valence-corrected chi connectivity index (χ0v) is 8.60. The maximum atomic E-state index is 10.3. The minimum Gasteiger partial charge on any atom is -0.478 e. The van der Waals surface area contributed by atoms with E-state index in [2.05, 4.69) is 9.97 Å². The number of hydrogen-bond acceptors (Lipinski definition) is 4. The van der Waals surface area contributed by atoms with Gasteiger partial charge in [0, 0.05) is 17.8 Å². The maximum absolute atomic E-state index is 10.3. The SMILES string of the molecule is CCc1nc(OC)ncc1C=CC(=O)O. The van der Waals surface area contributed by atoms with Gasteiger partial charge in [0.05, 0.1) is 12.8 Å². The van der Waals surface area contributed by atoms with Crippen molar-refractivity contribution in [2.24, 2.45) is 0 Å². The summed E-state index contributed by atoms with van der Waals surface area (Å²) >= 11 is 0. The van der Waals surface area contributed by atoms with Gasteiger partial charge in [0.15, 0.2) is 0 Å². The van der Waals surface area contributed by atoms with E-state index in [-0.39, 0.29) is 0 Å². The van der Waals surface area contributed by atoms with Crippen LogP contribution in [-0.2, 0) is 11.2 Å². The number of rotatable bonds is 4. The molecular weight excluding hydrogens is 196 g/mol. The second-order valence-electron chi connectivity index (χ2n) is 2.78. The standard InChI is InChI=1S/C10H12N2O3/c1-3-8-7(4-5-9(13)14)6-11-10(12-8)15-2/h4-6H,3H2,1-2H3,(H,13,14). The summed E-state index contributed by atoms with van der Waals surface area (Å²) in [5.41, 5.74) is 1.46. The fourth-order valence-corrected chi connectivity index (χ4v) is 1.09. The predicted molar refractivity (Wildman–Crippen MR) is 54.6 cm³/mol. The molecule has 5 nitrogen and oxygen atoms in total. The number of carboxylic acids is 1. The van der Waals surface area contributed by atoms with Gasteiger partial charge in [-0.25, -0.2) is 9.78 Å². The van der Waals surface area contributed by atoms with Gasteiger partial charge >= 0.3 is 12.0 Å². The first-order valence-corrected chi connectivity index (χ1v) is 4.48. The molecule has 1 N–H and O–H groups in total. The largest absolute Gasteiger partial charge is 0.478 e. The van der Waals surface area contributed by atoms with E-state index >= 15 is 0 Å². The first-order chi connectivity index (χ1) is 7.17. The number of carboxylic acid groups (broad SMARTS) is 1. The molecule has 0 aliphatic carbocycles. The number of nitrogens with zero attached hydrogens (tertiary/aromatic N) is 2. The zero-order valence-electron chi connectivity index (χ0n) is 8.60. The normalized spacial score (nSPS) is 10.5. The molecule has 0 aromatic carbocycles. The molecule has 80 valence electrons. The van der Waals surface area contributed by atoms with E-state index in [1.807, 2.05) is 6.92 Å². The van der Waals surface area contributed by atoms with E-state index in [1.165, 1.54) is 13.2 Å². The smallest absolute Gasteiger partial charge is 0.328 e. The molecule has 0 saturated heterocycles. The lowest BCUT2D eigenvalue weighted by Crippen LogP contribution is -1.99. The topological polar surface area (TPSA) is 72.3 Å². The molecular formula is C10H12N2O3. The molecule has 15 heavy (non-hydrogen) atoms. The van der Waals surface area contributed by atoms with Gasteiger partial charge in [-0.2, -0.15) is 4.98 Å². The Hall–Kier alpha value is -1.91. The number of aromatic nitrogens is 2. The molecule has 1 rings (SSSR count). The fraction of sp³-hybridized carbons (Fsp3) is 0.300. The molecule has 5 heteroatoms. The van der Waals surface area contributed by atoms with E-state index in [0.717, 1.165) is 11.8 Å². The average molecular weight is 208 g/mol. The third-order valence-electron chi connectivity index (χ3n) is 1.80. The summed E-state index contributed by atoms with van der Waals surface area (Å²) in [7, 11) is 1.49. The van der Waals surface area contributed by atoms with E-state index in [0.29, 0.717) is 18.0 Å². The number of carbonyl (C=O) groups is 1. The molecule has 0 aliphatic rings. The van der Waals surface area contributed by atoms with Gasteiger partial charge in [0.2, 0.25) is 0 Å². The number of hydrogen-bond donors (Lipinski definition) is 1. The van der Waals surface area contributed by atoms with Crippen molar-refractivity contribution in [3.63, 3.8) is 0 Å². The molecule has 0 unspecified atom stereocenters. The second kappa shape index (κ2) is 5.09. The third kappa shape index (κ3) is 3.05. The quantitative estimate of drug-likeness (QED) is 0.751. The van der Waals surface area contributed by atoms with Crippen molar-refractivity contribution in [1.29, 1.82) is 0 Å². The summed E-state index contributed by atoms with van der Waals surface area (Å²) in [5, 5.41) is 8.49. The van der Waals surface area contributed by atoms with E-state index in [9.17, 15) is 4.79 Å². The lowest BCUT2D eigenvalue weighted by Gasteiger charge is -2.03. The number of methoxy groups -OCH3 is 1. The van der Waals surface area contributed by atoms with Crippen LogP contribution in [-0.4, -0.2) is 28.2 Å². The van der Waals surface area contributed by atoms with Crippen LogP contribution in [0, 0.1) is 0 Å². The van der Waals surface area contributed by atoms with Crippen molar-refractivity contribution < 1.29 is 14.6 Å². The second-order valence-corrected chi connectivity index (χ2v) is 2.78. The summed E-state index contributed by atoms with van der Waals surface area (Å²) in [5.74, 6) is -0.993. The van der Waals surface area contributed by atoms with Crippen LogP contribution in [0.4, 0.5) is 0 Å². The molecule has 0 bridgehead atoms. The van der Waals surface area contributed by atoms with Crippen LogP contribution in [0.3, 0.4) is 0 Å². The van der Waals surface area contributed by atoms with Gasteiger partial charge in [0.1, 0.15) is 0 Å². The average Bonchev–Trinajstić information content (AvgIpc) is 2.25. The van der Waals surface area contributed by atoms with Crippen LogP contribution in [0.25, 0.3) is 6.08 Å². The highest BCUT2D eigenvalue weighted by Crippen LogP contribution is 2.11. The van der Waals surface area contributed by atoms with Gasteiger partial charge in [-0.3, -0.25) is 0 Å². The maximum Gasteiger partial charge on any atom is 0.328 e. The first-order valence-electron chi connectivity index (χ1n) is 4.48. The summed E-state index contributed by atoms with van der Waals surface area (Å²) in [6, 6.07) is 0.291. The molecule has 0 atom stereocenters. The van der Waals surface area contributed by atoms with Crippen molar-refractivity contribution >= 4 is 12.0 Å². The summed E-state index contributed by atoms with van der Waals surface area (Å²) in [6.45, 7) is 1.93. The van der Waals surface area contributed by atoms with Crippen LogP contribution in [0.15, 0.2) is 12.3 Å². The Bertz CT molecular complexity index is 388. The zero-order chi connectivity index (χ0) is 11.3. The number of aliphatic carboxylic acids is 1. The Balaban J connectivity index is 3.02. The predicted octanol–water partition coefficient (Wildman–Crippen LogP) is 1.15. The fourth-order valence-electron chi connectivity index (χ4n) is 1.09. The summed E-state index contributed by atoms with van der Waals surface area (Å²) < 4.78 is 4.87. The number of ether oxygens (including phenoxy) is 1. The summed E-state index contributed by atoms with van der Waals surface area (Å²) in [6.07, 6.45) is 4.77. The van der Waals surface area contributed by atoms with Gasteiger partial charge < -0.3 is 9.84 Å². The lowest BCUT2D eigenvalue weighted by atomic mass is 10.2. The Morgan fingerprint density at radius 1 is 1.67 bits per heavy atom. The highest BCUT2D eigenvalue weighted by atomic mass is 16.5. The van der Waals surface area contributed by atoms with Crippen LogP contribution in [0.2, 0.25) is 0 Å². The molecule has 0 fully saturated rings. The Morgan fingerprint density at radius 2 is 2.40 bits per heavy atom. The monoisotopic (exact) mass is 208 g/mol. The molecule has 0 radical (unpaired) electrons. The first kappa shape index (κ1) is 11.2. The Morgan fingerprint density at radius 3 is 2.93 bits per heavy atom. The van der Waals surface area contributed by atoms with Gasteiger partial charge in [-0.15, -0.1) is 0 Å². The third-order valence-corrected chi connectivity index (χ3v) is 1.80. The highest BCUT2D eigenvalue weighted by Gasteiger charge is 2.03. The van der Waals surface area contributed by atoms with Crippen molar-refractivity contribution in [2.45, 2.75) is 13.3 Å². The lowest BCUT2D eigenvalue weighted by molar-refractivity contribution is -0.131. The van der Waals surface area contributed by atoms with Gasteiger partial charge in [0.25, 0.3) is 0 Å². The van der Waals surface area contributed by atoms with Crippen LogP contribution in [0.1, 0.15) is 18.2 Å². The van der Waals surface area contributed by atoms with Crippen molar-refractivity contribution in [3.05, 3.63) is 23.5 Å². The molecule has 0 saturated carbocycles. The molecule has 0 amide bonds. The van der Waals surface area contributed by atoms with Crippen LogP contribution < -0.4 is 4.74 Å². The van der Waals surface area contributed by atoms with Gasteiger partial charge in [-0.1, -0.05) is 6.92 Å². The number of aryl methyl sites for hydroxylation is 1. The molecule has 0 aliphatic heterocycles. The van der Waals surface area contributed by atoms with E-state index < -0.39 is 5.97 Å². The van der Waals surface area contributed by atoms with Crippen molar-refractivity contribution in [2.75, 3.05) is 7.11 Å². The minimum absolute atomic E-state index is 0.291. The Kier molecular flexibility index (Phi) is 3.79. The molecule has 1 aromatic rings.